The van der Waals surface area contributed by atoms with Crippen LogP contribution in [0, 0.1) is 0 Å². The van der Waals surface area contributed by atoms with Crippen molar-refractivity contribution in [3.63, 3.8) is 0 Å². The number of rotatable bonds is 5. The van der Waals surface area contributed by atoms with Gasteiger partial charge in [0.15, 0.2) is 0 Å². The third-order valence-corrected chi connectivity index (χ3v) is 5.65. The van der Waals surface area contributed by atoms with Crippen molar-refractivity contribution in [3.8, 4) is 0 Å². The lowest BCUT2D eigenvalue weighted by molar-refractivity contribution is -0.128. The molecule has 0 bridgehead atoms. The number of nitrogens with zero attached hydrogens (tertiary/aromatic N) is 1. The van der Waals surface area contributed by atoms with Gasteiger partial charge in [0, 0.05) is 12.1 Å². The van der Waals surface area contributed by atoms with Crippen LogP contribution in [0.15, 0.2) is 29.8 Å². The molecule has 1 aromatic carbocycles. The van der Waals surface area contributed by atoms with Gasteiger partial charge in [-0.3, -0.25) is 9.59 Å². The Morgan fingerprint density at radius 1 is 1.17 bits per heavy atom. The largest absolute Gasteiger partial charge is 0.355 e. The van der Waals surface area contributed by atoms with E-state index in [0.29, 0.717) is 16.4 Å². The van der Waals surface area contributed by atoms with Crippen LogP contribution in [0.1, 0.15) is 31.9 Å². The Hall–Kier alpha value is -2.15. The molecule has 0 aromatic heterocycles. The molecule has 1 heterocycles. The molecule has 6 nitrogen and oxygen atoms in total. The molecule has 0 radical (unpaired) electrons. The maximum absolute atomic E-state index is 12.7. The predicted molar refractivity (Wildman–Crippen MR) is 87.7 cm³/mol. The average molecular weight is 336 g/mol. The molecule has 7 heteroatoms. The Morgan fingerprint density at radius 3 is 2.30 bits per heavy atom. The van der Waals surface area contributed by atoms with Gasteiger partial charge in [-0.25, -0.2) is 12.7 Å². The molecule has 0 saturated carbocycles. The molecular weight excluding hydrogens is 316 g/mol. The summed E-state index contributed by atoms with van der Waals surface area (Å²) in [7, 11) is -4.01. The zero-order valence-electron chi connectivity index (χ0n) is 13.4. The lowest BCUT2D eigenvalue weighted by Crippen LogP contribution is -2.41. The van der Waals surface area contributed by atoms with E-state index in [1.54, 1.807) is 19.1 Å². The summed E-state index contributed by atoms with van der Waals surface area (Å²) < 4.78 is 26.0. The number of carbonyl (C=O) groups is 2. The second-order valence-corrected chi connectivity index (χ2v) is 7.07. The molecule has 0 atom stereocenters. The van der Waals surface area contributed by atoms with Gasteiger partial charge in [-0.2, -0.15) is 0 Å². The highest BCUT2D eigenvalue weighted by Crippen LogP contribution is 2.35. The Balaban J connectivity index is 2.40. The summed E-state index contributed by atoms with van der Waals surface area (Å²) in [5.74, 6) is -1.15. The highest BCUT2D eigenvalue weighted by molar-refractivity contribution is 7.99. The van der Waals surface area contributed by atoms with Crippen LogP contribution in [0.5, 0.6) is 0 Å². The lowest BCUT2D eigenvalue weighted by atomic mass is 10.1. The predicted octanol–water partition coefficient (Wildman–Crippen LogP) is 1.29. The maximum Gasteiger partial charge on any atom is 0.268 e. The van der Waals surface area contributed by atoms with Gasteiger partial charge >= 0.3 is 0 Å². The van der Waals surface area contributed by atoms with Gasteiger partial charge in [-0.1, -0.05) is 31.2 Å². The van der Waals surface area contributed by atoms with E-state index in [1.165, 1.54) is 6.92 Å². The SMILES string of the molecule is CCNC(=O)CN1C(=O)C(C)=C(c2ccc(CC)cc2)S1(=O)=O. The molecule has 2 rings (SSSR count). The third kappa shape index (κ3) is 3.14. The van der Waals surface area contributed by atoms with E-state index >= 15 is 0 Å². The van der Waals surface area contributed by atoms with Crippen molar-refractivity contribution in [2.75, 3.05) is 13.1 Å². The number of nitrogens with one attached hydrogen (secondary N) is 1. The van der Waals surface area contributed by atoms with Crippen molar-refractivity contribution in [1.29, 1.82) is 0 Å². The first-order valence-corrected chi connectivity index (χ1v) is 8.90. The topological polar surface area (TPSA) is 83.6 Å². The zero-order valence-corrected chi connectivity index (χ0v) is 14.2. The van der Waals surface area contributed by atoms with E-state index in [2.05, 4.69) is 5.32 Å². The molecule has 0 saturated heterocycles. The lowest BCUT2D eigenvalue weighted by Gasteiger charge is -2.16. The van der Waals surface area contributed by atoms with Gasteiger partial charge in [0.05, 0.1) is 0 Å². The summed E-state index contributed by atoms with van der Waals surface area (Å²) in [6.45, 7) is 5.08. The Labute approximate surface area is 136 Å². The molecule has 1 aliphatic heterocycles. The number of hydrogen-bond acceptors (Lipinski definition) is 4. The van der Waals surface area contributed by atoms with Gasteiger partial charge in [0.25, 0.3) is 15.9 Å². The molecule has 0 fully saturated rings. The maximum atomic E-state index is 12.7. The van der Waals surface area contributed by atoms with Crippen molar-refractivity contribution in [1.82, 2.24) is 9.62 Å². The summed E-state index contributed by atoms with van der Waals surface area (Å²) in [5.41, 5.74) is 1.68. The first-order chi connectivity index (χ1) is 10.8. The Bertz CT molecular complexity index is 764. The van der Waals surface area contributed by atoms with E-state index in [9.17, 15) is 18.0 Å². The molecular formula is C16H20N2O4S. The Kier molecular flexibility index (Phi) is 4.89. The number of benzene rings is 1. The molecule has 1 aliphatic rings. The molecule has 23 heavy (non-hydrogen) atoms. The summed E-state index contributed by atoms with van der Waals surface area (Å²) in [6.07, 6.45) is 0.841. The summed E-state index contributed by atoms with van der Waals surface area (Å²) in [4.78, 5) is 23.9. The van der Waals surface area contributed by atoms with Crippen molar-refractivity contribution in [3.05, 3.63) is 41.0 Å². The molecule has 0 unspecified atom stereocenters. The van der Waals surface area contributed by atoms with Gasteiger partial charge in [-0.15, -0.1) is 0 Å². The van der Waals surface area contributed by atoms with Crippen LogP contribution >= 0.6 is 0 Å². The van der Waals surface area contributed by atoms with Crippen LogP contribution in [0.3, 0.4) is 0 Å². The van der Waals surface area contributed by atoms with Gasteiger partial charge in [0.1, 0.15) is 11.4 Å². The standard InChI is InChI=1S/C16H20N2O4S/c1-4-12-6-8-13(9-7-12)15-11(3)16(20)18(23(15,21)22)10-14(19)17-5-2/h6-9H,4-5,10H2,1-3H3,(H,17,19). The highest BCUT2D eigenvalue weighted by Gasteiger charge is 2.43. The molecule has 1 N–H and O–H groups in total. The van der Waals surface area contributed by atoms with Crippen molar-refractivity contribution in [2.24, 2.45) is 0 Å². The van der Waals surface area contributed by atoms with Crippen molar-refractivity contribution in [2.45, 2.75) is 27.2 Å². The molecule has 2 amide bonds. The van der Waals surface area contributed by atoms with E-state index in [4.69, 9.17) is 0 Å². The monoisotopic (exact) mass is 336 g/mol. The first-order valence-electron chi connectivity index (χ1n) is 7.46. The molecule has 124 valence electrons. The Morgan fingerprint density at radius 2 is 1.78 bits per heavy atom. The van der Waals surface area contributed by atoms with Crippen molar-refractivity contribution >= 4 is 26.7 Å². The number of likely N-dealkylation sites (N-methyl/N-ethyl adjacent to an activating group) is 1. The number of hydrogen-bond donors (Lipinski definition) is 1. The molecule has 0 spiro atoms. The van der Waals surface area contributed by atoms with Gasteiger partial charge in [-0.05, 0) is 31.4 Å². The summed E-state index contributed by atoms with van der Waals surface area (Å²) in [5, 5.41) is 2.50. The second-order valence-electron chi connectivity index (χ2n) is 5.27. The van der Waals surface area contributed by atoms with Crippen LogP contribution < -0.4 is 5.32 Å². The molecule has 1 aromatic rings. The fourth-order valence-corrected chi connectivity index (χ4v) is 4.27. The van der Waals surface area contributed by atoms with Crippen molar-refractivity contribution < 1.29 is 18.0 Å². The summed E-state index contributed by atoms with van der Waals surface area (Å²) >= 11 is 0. The minimum atomic E-state index is -4.01. The number of aryl methyl sites for hydroxylation is 1. The van der Waals surface area contributed by atoms with E-state index in [-0.39, 0.29) is 10.5 Å². The van der Waals surface area contributed by atoms with Gasteiger partial charge in [0.2, 0.25) is 5.91 Å². The minimum Gasteiger partial charge on any atom is -0.355 e. The molecule has 0 aliphatic carbocycles. The fraction of sp³-hybridized carbons (Fsp3) is 0.375. The quantitative estimate of drug-likeness (QED) is 0.878. The van der Waals surface area contributed by atoms with Gasteiger partial charge < -0.3 is 5.32 Å². The normalized spacial score (nSPS) is 16.8. The smallest absolute Gasteiger partial charge is 0.268 e. The zero-order chi connectivity index (χ0) is 17.2. The summed E-state index contributed by atoms with van der Waals surface area (Å²) in [6, 6.07) is 7.06. The number of carbonyl (C=O) groups excluding carboxylic acids is 2. The minimum absolute atomic E-state index is 0.0190. The van der Waals surface area contributed by atoms with Crippen LogP contribution in [0.25, 0.3) is 4.91 Å². The average Bonchev–Trinajstić information content (AvgIpc) is 2.68. The van der Waals surface area contributed by atoms with E-state index < -0.39 is 28.4 Å². The van der Waals surface area contributed by atoms with E-state index in [1.807, 2.05) is 19.1 Å². The van der Waals surface area contributed by atoms with E-state index in [0.717, 1.165) is 12.0 Å². The second kappa shape index (κ2) is 6.54. The van der Waals surface area contributed by atoms with Crippen LogP contribution in [-0.2, 0) is 26.0 Å². The number of amides is 2. The van der Waals surface area contributed by atoms with Crippen LogP contribution in [-0.4, -0.2) is 37.6 Å². The van der Waals surface area contributed by atoms with Crippen LogP contribution in [0.2, 0.25) is 0 Å². The first kappa shape index (κ1) is 17.2. The van der Waals surface area contributed by atoms with Crippen LogP contribution in [0.4, 0.5) is 0 Å². The fourth-order valence-electron chi connectivity index (χ4n) is 2.49. The third-order valence-electron chi connectivity index (χ3n) is 3.72. The number of sulfonamides is 1. The highest BCUT2D eigenvalue weighted by atomic mass is 32.2.